The third kappa shape index (κ3) is 3.78. The van der Waals surface area contributed by atoms with E-state index in [1.54, 1.807) is 31.3 Å². The Bertz CT molecular complexity index is 647. The molecule has 0 radical (unpaired) electrons. The largest absolute Gasteiger partial charge is 0.494 e. The van der Waals surface area contributed by atoms with Gasteiger partial charge in [0.1, 0.15) is 4.60 Å². The topological polar surface area (TPSA) is 42.4 Å². The minimum Gasteiger partial charge on any atom is -0.494 e. The van der Waals surface area contributed by atoms with Crippen molar-refractivity contribution in [1.29, 1.82) is 0 Å². The van der Waals surface area contributed by atoms with Crippen LogP contribution >= 0.6 is 15.9 Å². The summed E-state index contributed by atoms with van der Waals surface area (Å²) in [4.78, 5) is 17.7. The molecule has 0 aliphatic carbocycles. The summed E-state index contributed by atoms with van der Waals surface area (Å²) in [6.07, 6.45) is 1.50. The van der Waals surface area contributed by atoms with Crippen LogP contribution < -0.4 is 4.74 Å². The molecule has 0 bridgehead atoms. The monoisotopic (exact) mass is 352 g/mol. The highest BCUT2D eigenvalue weighted by Crippen LogP contribution is 2.19. The number of methoxy groups -OCH3 is 1. The summed E-state index contributed by atoms with van der Waals surface area (Å²) in [6.45, 7) is 0.301. The van der Waals surface area contributed by atoms with E-state index in [0.29, 0.717) is 22.3 Å². The highest BCUT2D eigenvalue weighted by molar-refractivity contribution is 9.10. The Morgan fingerprint density at radius 1 is 1.38 bits per heavy atom. The van der Waals surface area contributed by atoms with Gasteiger partial charge < -0.3 is 9.64 Å². The Morgan fingerprint density at radius 2 is 2.14 bits per heavy atom. The van der Waals surface area contributed by atoms with Crippen LogP contribution in [-0.2, 0) is 6.54 Å². The highest BCUT2D eigenvalue weighted by atomic mass is 79.9. The summed E-state index contributed by atoms with van der Waals surface area (Å²) in [6, 6.07) is 8.02. The number of amides is 1. The third-order valence-corrected chi connectivity index (χ3v) is 3.43. The molecule has 0 aliphatic heterocycles. The summed E-state index contributed by atoms with van der Waals surface area (Å²) in [5.41, 5.74) is 1.17. The molecule has 0 spiro atoms. The van der Waals surface area contributed by atoms with Crippen LogP contribution in [0, 0.1) is 5.82 Å². The van der Waals surface area contributed by atoms with Gasteiger partial charge in [0, 0.05) is 19.8 Å². The molecule has 0 aliphatic rings. The van der Waals surface area contributed by atoms with Gasteiger partial charge in [-0.15, -0.1) is 0 Å². The molecule has 0 N–H and O–H groups in total. The number of carbonyl (C=O) groups excluding carboxylic acids is 1. The lowest BCUT2D eigenvalue weighted by atomic mass is 10.2. The molecule has 1 aromatic heterocycles. The van der Waals surface area contributed by atoms with Crippen molar-refractivity contribution in [3.8, 4) is 5.75 Å². The first-order valence-electron chi connectivity index (χ1n) is 6.20. The van der Waals surface area contributed by atoms with Crippen molar-refractivity contribution in [1.82, 2.24) is 9.88 Å². The van der Waals surface area contributed by atoms with E-state index in [4.69, 9.17) is 4.74 Å². The van der Waals surface area contributed by atoms with E-state index >= 15 is 0 Å². The van der Waals surface area contributed by atoms with Gasteiger partial charge in [-0.1, -0.05) is 6.07 Å². The third-order valence-electron chi connectivity index (χ3n) is 2.96. The fourth-order valence-corrected chi connectivity index (χ4v) is 2.11. The van der Waals surface area contributed by atoms with Crippen LogP contribution in [0.15, 0.2) is 41.1 Å². The minimum atomic E-state index is -0.443. The first-order valence-corrected chi connectivity index (χ1v) is 7.00. The smallest absolute Gasteiger partial charge is 0.255 e. The molecule has 0 saturated heterocycles. The number of ether oxygens (including phenoxy) is 1. The molecule has 1 heterocycles. The lowest BCUT2D eigenvalue weighted by Gasteiger charge is -2.17. The van der Waals surface area contributed by atoms with Gasteiger partial charge in [0.05, 0.1) is 12.7 Å². The average Bonchev–Trinajstić information content (AvgIpc) is 2.47. The molecule has 1 amide bonds. The lowest BCUT2D eigenvalue weighted by molar-refractivity contribution is 0.0784. The van der Waals surface area contributed by atoms with Gasteiger partial charge in [0.15, 0.2) is 11.6 Å². The van der Waals surface area contributed by atoms with Crippen molar-refractivity contribution >= 4 is 21.8 Å². The Labute approximate surface area is 130 Å². The number of hydrogen-bond donors (Lipinski definition) is 0. The Hall–Kier alpha value is -1.95. The van der Waals surface area contributed by atoms with Crippen LogP contribution in [0.5, 0.6) is 5.75 Å². The minimum absolute atomic E-state index is 0.175. The normalized spacial score (nSPS) is 10.3. The van der Waals surface area contributed by atoms with E-state index in [9.17, 15) is 9.18 Å². The van der Waals surface area contributed by atoms with Crippen molar-refractivity contribution < 1.29 is 13.9 Å². The highest BCUT2D eigenvalue weighted by Gasteiger charge is 2.13. The predicted molar refractivity (Wildman–Crippen MR) is 80.7 cm³/mol. The number of nitrogens with zero attached hydrogens (tertiary/aromatic N) is 2. The Morgan fingerprint density at radius 3 is 2.71 bits per heavy atom. The molecule has 0 unspecified atom stereocenters. The zero-order valence-corrected chi connectivity index (χ0v) is 13.2. The first kappa shape index (κ1) is 15.4. The fraction of sp³-hybridized carbons (Fsp3) is 0.200. The van der Waals surface area contributed by atoms with Crippen LogP contribution in [0.4, 0.5) is 4.39 Å². The lowest BCUT2D eigenvalue weighted by Crippen LogP contribution is -2.26. The quantitative estimate of drug-likeness (QED) is 0.793. The Balaban J connectivity index is 2.10. The number of aromatic nitrogens is 1. The maximum Gasteiger partial charge on any atom is 0.255 e. The molecule has 0 atom stereocenters. The molecule has 0 fully saturated rings. The van der Waals surface area contributed by atoms with Gasteiger partial charge in [0.2, 0.25) is 0 Å². The van der Waals surface area contributed by atoms with Crippen molar-refractivity contribution in [3.05, 3.63) is 58.1 Å². The molecule has 1 aromatic carbocycles. The van der Waals surface area contributed by atoms with Gasteiger partial charge in [0.25, 0.3) is 5.91 Å². The van der Waals surface area contributed by atoms with Gasteiger partial charge in [-0.05, 0) is 45.8 Å². The summed E-state index contributed by atoms with van der Waals surface area (Å²) >= 11 is 3.22. The van der Waals surface area contributed by atoms with Crippen LogP contribution in [-0.4, -0.2) is 29.9 Å². The number of halogens is 2. The number of carbonyl (C=O) groups is 1. The second-order valence-electron chi connectivity index (χ2n) is 4.50. The molecule has 4 nitrogen and oxygen atoms in total. The number of hydrogen-bond acceptors (Lipinski definition) is 3. The molecule has 0 saturated carbocycles. The van der Waals surface area contributed by atoms with E-state index in [2.05, 4.69) is 20.9 Å². The molecule has 2 aromatic rings. The van der Waals surface area contributed by atoms with Crippen LogP contribution in [0.25, 0.3) is 0 Å². The number of pyridine rings is 1. The van der Waals surface area contributed by atoms with Crippen LogP contribution in [0.3, 0.4) is 0 Å². The Kier molecular flexibility index (Phi) is 4.90. The van der Waals surface area contributed by atoms with Crippen LogP contribution in [0.1, 0.15) is 15.9 Å². The number of rotatable bonds is 4. The molecule has 21 heavy (non-hydrogen) atoms. The second kappa shape index (κ2) is 6.67. The van der Waals surface area contributed by atoms with Crippen molar-refractivity contribution in [2.75, 3.05) is 14.2 Å². The molecule has 2 rings (SSSR count). The summed E-state index contributed by atoms with van der Waals surface area (Å²) in [5, 5.41) is 0. The molecular weight excluding hydrogens is 339 g/mol. The maximum absolute atomic E-state index is 13.6. The zero-order valence-electron chi connectivity index (χ0n) is 11.6. The zero-order chi connectivity index (χ0) is 15.4. The van der Waals surface area contributed by atoms with Gasteiger partial charge in [-0.3, -0.25) is 4.79 Å². The number of benzene rings is 1. The molecule has 110 valence electrons. The van der Waals surface area contributed by atoms with Crippen molar-refractivity contribution in [2.24, 2.45) is 0 Å². The van der Waals surface area contributed by atoms with Crippen molar-refractivity contribution in [3.63, 3.8) is 0 Å². The van der Waals surface area contributed by atoms with E-state index < -0.39 is 5.82 Å². The van der Waals surface area contributed by atoms with E-state index in [1.165, 1.54) is 24.3 Å². The predicted octanol–water partition coefficient (Wildman–Crippen LogP) is 3.26. The summed E-state index contributed by atoms with van der Waals surface area (Å²) in [7, 11) is 3.07. The van der Waals surface area contributed by atoms with E-state index in [0.717, 1.165) is 0 Å². The second-order valence-corrected chi connectivity index (χ2v) is 5.31. The van der Waals surface area contributed by atoms with Crippen LogP contribution in [0.2, 0.25) is 0 Å². The summed E-state index contributed by atoms with van der Waals surface area (Å²) in [5.74, 6) is -0.433. The SMILES string of the molecule is COc1ccc(CN(C)C(=O)c2ccc(Br)nc2)cc1F. The van der Waals surface area contributed by atoms with E-state index in [-0.39, 0.29) is 11.7 Å². The average molecular weight is 353 g/mol. The maximum atomic E-state index is 13.6. The van der Waals surface area contributed by atoms with E-state index in [1.807, 2.05) is 0 Å². The standard InChI is InChI=1S/C15H14BrFN2O2/c1-19(15(20)11-4-6-14(16)18-8-11)9-10-3-5-13(21-2)12(17)7-10/h3-8H,9H2,1-2H3. The fourth-order valence-electron chi connectivity index (χ4n) is 1.88. The molecular formula is C15H14BrFN2O2. The van der Waals surface area contributed by atoms with Gasteiger partial charge in [-0.25, -0.2) is 9.37 Å². The van der Waals surface area contributed by atoms with Gasteiger partial charge in [-0.2, -0.15) is 0 Å². The molecule has 6 heteroatoms. The van der Waals surface area contributed by atoms with Gasteiger partial charge >= 0.3 is 0 Å². The van der Waals surface area contributed by atoms with Crippen molar-refractivity contribution in [2.45, 2.75) is 6.54 Å². The summed E-state index contributed by atoms with van der Waals surface area (Å²) < 4.78 is 19.2. The first-order chi connectivity index (χ1) is 10.0.